The third-order valence-corrected chi connectivity index (χ3v) is 2.48. The fourth-order valence-corrected chi connectivity index (χ4v) is 1.44. The van der Waals surface area contributed by atoms with Crippen LogP contribution >= 0.6 is 0 Å². The van der Waals surface area contributed by atoms with Crippen molar-refractivity contribution in [2.75, 3.05) is 26.4 Å². The summed E-state index contributed by atoms with van der Waals surface area (Å²) in [5.74, 6) is 0.308. The Bertz CT molecular complexity index is 474. The molecule has 0 atom stereocenters. The van der Waals surface area contributed by atoms with E-state index in [1.54, 1.807) is 12.1 Å². The molecule has 1 aromatic heterocycles. The smallest absolute Gasteiger partial charge is 0.330 e. The molecule has 7 heteroatoms. The Morgan fingerprint density at radius 1 is 0.870 bits per heavy atom. The van der Waals surface area contributed by atoms with Gasteiger partial charge < -0.3 is 23.4 Å². The predicted molar refractivity (Wildman–Crippen MR) is 80.3 cm³/mol. The monoisotopic (exact) mass is 324 g/mol. The van der Waals surface area contributed by atoms with Crippen molar-refractivity contribution in [3.05, 3.63) is 49.0 Å². The second-order valence-electron chi connectivity index (χ2n) is 4.22. The van der Waals surface area contributed by atoms with Gasteiger partial charge in [0.1, 0.15) is 37.9 Å². The molecule has 23 heavy (non-hydrogen) atoms. The summed E-state index contributed by atoms with van der Waals surface area (Å²) in [6.07, 6.45) is 2.19. The zero-order valence-corrected chi connectivity index (χ0v) is 12.8. The Balaban J connectivity index is 2.10. The van der Waals surface area contributed by atoms with Crippen LogP contribution < -0.4 is 0 Å². The first-order valence-electron chi connectivity index (χ1n) is 6.97. The summed E-state index contributed by atoms with van der Waals surface area (Å²) in [4.78, 5) is 21.6. The van der Waals surface area contributed by atoms with Crippen LogP contribution in [0.3, 0.4) is 0 Å². The quantitative estimate of drug-likeness (QED) is 0.329. The van der Waals surface area contributed by atoms with Crippen molar-refractivity contribution in [1.29, 1.82) is 0 Å². The molecule has 0 N–H and O–H groups in total. The van der Waals surface area contributed by atoms with E-state index in [1.807, 2.05) is 0 Å². The molecule has 0 saturated carbocycles. The van der Waals surface area contributed by atoms with Crippen LogP contribution in [-0.4, -0.2) is 38.4 Å². The molecule has 126 valence electrons. The van der Waals surface area contributed by atoms with E-state index in [2.05, 4.69) is 13.2 Å². The number of hydrogen-bond donors (Lipinski definition) is 0. The Hall–Kier alpha value is -2.38. The normalized spacial score (nSPS) is 10.1. The van der Waals surface area contributed by atoms with Crippen molar-refractivity contribution in [3.63, 3.8) is 0 Å². The average Bonchev–Trinajstić information content (AvgIpc) is 3.01. The van der Waals surface area contributed by atoms with E-state index in [0.29, 0.717) is 11.5 Å². The van der Waals surface area contributed by atoms with Crippen molar-refractivity contribution in [1.82, 2.24) is 0 Å². The summed E-state index contributed by atoms with van der Waals surface area (Å²) >= 11 is 0. The summed E-state index contributed by atoms with van der Waals surface area (Å²) in [7, 11) is 0. The first-order valence-corrected chi connectivity index (χ1v) is 6.97. The Labute approximate surface area is 134 Å². The summed E-state index contributed by atoms with van der Waals surface area (Å²) in [5, 5.41) is 0. The second-order valence-corrected chi connectivity index (χ2v) is 4.22. The average molecular weight is 324 g/mol. The van der Waals surface area contributed by atoms with Gasteiger partial charge >= 0.3 is 11.9 Å². The Morgan fingerprint density at radius 2 is 1.30 bits per heavy atom. The van der Waals surface area contributed by atoms with Crippen LogP contribution in [0.25, 0.3) is 0 Å². The molecule has 0 fully saturated rings. The molecule has 0 aromatic carbocycles. The van der Waals surface area contributed by atoms with Crippen LogP contribution in [0.1, 0.15) is 11.5 Å². The fourth-order valence-electron chi connectivity index (χ4n) is 1.44. The Morgan fingerprint density at radius 3 is 1.70 bits per heavy atom. The highest BCUT2D eigenvalue weighted by molar-refractivity contribution is 5.81. The molecule has 0 radical (unpaired) electrons. The molecule has 0 saturated heterocycles. The summed E-state index contributed by atoms with van der Waals surface area (Å²) in [5.41, 5.74) is 0. The largest absolute Gasteiger partial charge is 0.461 e. The van der Waals surface area contributed by atoms with Crippen molar-refractivity contribution in [2.45, 2.75) is 13.2 Å². The van der Waals surface area contributed by atoms with Crippen LogP contribution in [-0.2, 0) is 41.8 Å². The number of carbonyl (C=O) groups excluding carboxylic acids is 2. The minimum absolute atomic E-state index is 0.158. The second kappa shape index (κ2) is 11.2. The van der Waals surface area contributed by atoms with Gasteiger partial charge in [-0.05, 0) is 12.1 Å². The summed E-state index contributed by atoms with van der Waals surface area (Å²) < 4.78 is 25.6. The van der Waals surface area contributed by atoms with Gasteiger partial charge in [-0.2, -0.15) is 0 Å². The van der Waals surface area contributed by atoms with E-state index < -0.39 is 11.9 Å². The zero-order valence-electron chi connectivity index (χ0n) is 12.8. The molecule has 0 aliphatic rings. The van der Waals surface area contributed by atoms with Crippen LogP contribution in [0.2, 0.25) is 0 Å². The lowest BCUT2D eigenvalue weighted by molar-refractivity contribution is -0.140. The third kappa shape index (κ3) is 8.60. The number of furan rings is 1. The van der Waals surface area contributed by atoms with Gasteiger partial charge in [-0.25, -0.2) is 9.59 Å². The van der Waals surface area contributed by atoms with Crippen LogP contribution in [0.4, 0.5) is 0 Å². The van der Waals surface area contributed by atoms with Gasteiger partial charge in [0.15, 0.2) is 0 Å². The molecule has 1 aromatic rings. The van der Waals surface area contributed by atoms with Crippen LogP contribution in [0.5, 0.6) is 0 Å². The van der Waals surface area contributed by atoms with Gasteiger partial charge in [0.25, 0.3) is 0 Å². The maximum absolute atomic E-state index is 10.8. The lowest BCUT2D eigenvalue weighted by atomic mass is 10.4. The highest BCUT2D eigenvalue weighted by atomic mass is 16.6. The number of rotatable bonds is 12. The van der Waals surface area contributed by atoms with Crippen molar-refractivity contribution >= 4 is 11.9 Å². The SMILES string of the molecule is C=CC(=O)OCCOCc1ccc(COCCOC(=O)C=C)o1. The molecule has 0 bridgehead atoms. The fraction of sp³-hybridized carbons (Fsp3) is 0.375. The first kappa shape index (κ1) is 18.7. The van der Waals surface area contributed by atoms with E-state index in [0.717, 1.165) is 12.2 Å². The molecular formula is C16H20O7. The van der Waals surface area contributed by atoms with Gasteiger partial charge in [-0.15, -0.1) is 0 Å². The topological polar surface area (TPSA) is 84.2 Å². The van der Waals surface area contributed by atoms with Crippen molar-refractivity contribution in [3.8, 4) is 0 Å². The van der Waals surface area contributed by atoms with Gasteiger partial charge in [0.05, 0.1) is 13.2 Å². The van der Waals surface area contributed by atoms with Gasteiger partial charge in [-0.1, -0.05) is 13.2 Å². The minimum atomic E-state index is -0.482. The van der Waals surface area contributed by atoms with E-state index in [-0.39, 0.29) is 39.6 Å². The number of ether oxygens (including phenoxy) is 4. The third-order valence-electron chi connectivity index (χ3n) is 2.48. The summed E-state index contributed by atoms with van der Waals surface area (Å²) in [6.45, 7) is 7.95. The molecule has 0 unspecified atom stereocenters. The number of esters is 2. The molecule has 7 nitrogen and oxygen atoms in total. The van der Waals surface area contributed by atoms with E-state index in [4.69, 9.17) is 23.4 Å². The maximum atomic E-state index is 10.8. The molecule has 0 spiro atoms. The lowest BCUT2D eigenvalue weighted by Gasteiger charge is -2.04. The minimum Gasteiger partial charge on any atom is -0.461 e. The first-order chi connectivity index (χ1) is 11.2. The molecule has 1 rings (SSSR count). The number of carbonyl (C=O) groups is 2. The maximum Gasteiger partial charge on any atom is 0.330 e. The lowest BCUT2D eigenvalue weighted by Crippen LogP contribution is -2.08. The number of hydrogen-bond acceptors (Lipinski definition) is 7. The molecular weight excluding hydrogens is 304 g/mol. The standard InChI is InChI=1S/C16H20O7/c1-3-15(17)21-9-7-19-11-13-5-6-14(23-13)12-20-8-10-22-16(18)4-2/h3-6H,1-2,7-12H2. The highest BCUT2D eigenvalue weighted by Crippen LogP contribution is 2.10. The van der Waals surface area contributed by atoms with Crippen LogP contribution in [0.15, 0.2) is 41.9 Å². The van der Waals surface area contributed by atoms with Crippen LogP contribution in [0, 0.1) is 0 Å². The van der Waals surface area contributed by atoms with E-state index in [9.17, 15) is 9.59 Å². The van der Waals surface area contributed by atoms with Crippen molar-refractivity contribution < 1.29 is 33.0 Å². The molecule has 0 amide bonds. The zero-order chi connectivity index (χ0) is 16.9. The van der Waals surface area contributed by atoms with Gasteiger partial charge in [0.2, 0.25) is 0 Å². The predicted octanol–water partition coefficient (Wildman–Crippen LogP) is 1.77. The van der Waals surface area contributed by atoms with Gasteiger partial charge in [0, 0.05) is 12.2 Å². The summed E-state index contributed by atoms with van der Waals surface area (Å²) in [6, 6.07) is 3.54. The highest BCUT2D eigenvalue weighted by Gasteiger charge is 2.03. The Kier molecular flexibility index (Phi) is 9.11. The molecule has 1 heterocycles. The van der Waals surface area contributed by atoms with E-state index in [1.165, 1.54) is 0 Å². The molecule has 0 aliphatic heterocycles. The van der Waals surface area contributed by atoms with E-state index >= 15 is 0 Å². The van der Waals surface area contributed by atoms with Gasteiger partial charge in [-0.3, -0.25) is 0 Å². The van der Waals surface area contributed by atoms with Crippen molar-refractivity contribution in [2.24, 2.45) is 0 Å². The molecule has 0 aliphatic carbocycles.